The van der Waals surface area contributed by atoms with Crippen molar-refractivity contribution < 1.29 is 5.11 Å². The second-order valence-electron chi connectivity index (χ2n) is 9.88. The number of pyridine rings is 1. The molecular formula is C32H27ClN4OS2. The van der Waals surface area contributed by atoms with Gasteiger partial charge in [0.15, 0.2) is 0 Å². The van der Waals surface area contributed by atoms with Crippen LogP contribution in [0.1, 0.15) is 23.3 Å². The number of anilines is 2. The highest BCUT2D eigenvalue weighted by molar-refractivity contribution is 7.99. The number of thiophene rings is 1. The van der Waals surface area contributed by atoms with Gasteiger partial charge in [-0.2, -0.15) is 5.26 Å². The highest BCUT2D eigenvalue weighted by Gasteiger charge is 2.18. The van der Waals surface area contributed by atoms with Crippen molar-refractivity contribution in [3.63, 3.8) is 0 Å². The van der Waals surface area contributed by atoms with Crippen LogP contribution in [-0.2, 0) is 6.54 Å². The Morgan fingerprint density at radius 3 is 2.65 bits per heavy atom. The lowest BCUT2D eigenvalue weighted by atomic mass is 10.0. The van der Waals surface area contributed by atoms with Gasteiger partial charge >= 0.3 is 0 Å². The summed E-state index contributed by atoms with van der Waals surface area (Å²) in [6, 6.07) is 26.7. The van der Waals surface area contributed by atoms with Crippen LogP contribution in [0.5, 0.6) is 0 Å². The van der Waals surface area contributed by atoms with Gasteiger partial charge in [0.2, 0.25) is 0 Å². The fourth-order valence-corrected chi connectivity index (χ4v) is 7.00. The van der Waals surface area contributed by atoms with Crippen molar-refractivity contribution in [1.29, 1.82) is 5.26 Å². The van der Waals surface area contributed by atoms with Gasteiger partial charge in [-0.25, -0.2) is 0 Å². The number of rotatable bonds is 7. The molecule has 200 valence electrons. The van der Waals surface area contributed by atoms with E-state index in [4.69, 9.17) is 11.6 Å². The van der Waals surface area contributed by atoms with E-state index in [-0.39, 0.29) is 6.10 Å². The highest BCUT2D eigenvalue weighted by Crippen LogP contribution is 2.37. The smallest absolute Gasteiger partial charge is 0.103 e. The molecule has 2 aromatic heterocycles. The minimum Gasteiger partial charge on any atom is -0.393 e. The van der Waals surface area contributed by atoms with Gasteiger partial charge in [-0.15, -0.1) is 11.3 Å². The summed E-state index contributed by atoms with van der Waals surface area (Å²) in [5.74, 6) is 0. The lowest BCUT2D eigenvalue weighted by molar-refractivity contribution is 0.0797. The summed E-state index contributed by atoms with van der Waals surface area (Å²) in [6.07, 6.45) is 3.16. The molecule has 0 bridgehead atoms. The molecule has 0 unspecified atom stereocenters. The summed E-state index contributed by atoms with van der Waals surface area (Å²) < 4.78 is 0. The summed E-state index contributed by atoms with van der Waals surface area (Å²) in [5, 5.41) is 26.8. The van der Waals surface area contributed by atoms with E-state index in [0.29, 0.717) is 10.6 Å². The Kier molecular flexibility index (Phi) is 8.05. The lowest BCUT2D eigenvalue weighted by Gasteiger charge is -2.28. The molecule has 1 aliphatic rings. The Morgan fingerprint density at radius 1 is 1.05 bits per heavy atom. The number of hydrogen-bond acceptors (Lipinski definition) is 7. The van der Waals surface area contributed by atoms with Crippen LogP contribution in [0.25, 0.3) is 22.0 Å². The molecule has 2 N–H and O–H groups in total. The Labute approximate surface area is 247 Å². The van der Waals surface area contributed by atoms with Crippen LogP contribution in [-0.4, -0.2) is 34.2 Å². The first kappa shape index (κ1) is 26.8. The maximum absolute atomic E-state index is 9.83. The van der Waals surface area contributed by atoms with Crippen LogP contribution in [0.3, 0.4) is 0 Å². The maximum atomic E-state index is 9.83. The third kappa shape index (κ3) is 6.02. The molecule has 3 heterocycles. The molecule has 0 aliphatic carbocycles. The van der Waals surface area contributed by atoms with Gasteiger partial charge in [-0.1, -0.05) is 53.7 Å². The molecule has 40 heavy (non-hydrogen) atoms. The highest BCUT2D eigenvalue weighted by atomic mass is 35.5. The summed E-state index contributed by atoms with van der Waals surface area (Å²) in [6.45, 7) is 2.78. The first-order chi connectivity index (χ1) is 19.6. The van der Waals surface area contributed by atoms with Crippen molar-refractivity contribution in [2.45, 2.75) is 35.3 Å². The van der Waals surface area contributed by atoms with Gasteiger partial charge in [-0.3, -0.25) is 9.88 Å². The van der Waals surface area contributed by atoms with Crippen LogP contribution in [0.4, 0.5) is 11.4 Å². The minimum atomic E-state index is -0.156. The molecule has 6 rings (SSSR count). The second-order valence-corrected chi connectivity index (χ2v) is 12.4. The summed E-state index contributed by atoms with van der Waals surface area (Å²) in [4.78, 5) is 10.4. The topological polar surface area (TPSA) is 72.2 Å². The number of hydrogen-bond donors (Lipinski definition) is 2. The third-order valence-electron chi connectivity index (χ3n) is 7.09. The third-order valence-corrected chi connectivity index (χ3v) is 9.52. The average molecular weight is 583 g/mol. The van der Waals surface area contributed by atoms with E-state index in [1.54, 1.807) is 29.3 Å². The van der Waals surface area contributed by atoms with Crippen LogP contribution in [0, 0.1) is 11.3 Å². The van der Waals surface area contributed by atoms with Crippen molar-refractivity contribution >= 4 is 57.0 Å². The van der Waals surface area contributed by atoms with Gasteiger partial charge in [0.1, 0.15) is 6.07 Å². The molecule has 5 aromatic rings. The van der Waals surface area contributed by atoms with E-state index in [2.05, 4.69) is 57.0 Å². The van der Waals surface area contributed by atoms with Crippen LogP contribution < -0.4 is 5.32 Å². The predicted octanol–water partition coefficient (Wildman–Crippen LogP) is 8.34. The number of benzene rings is 3. The van der Waals surface area contributed by atoms with Crippen molar-refractivity contribution in [3.8, 4) is 17.2 Å². The minimum absolute atomic E-state index is 0.156. The molecule has 5 nitrogen and oxygen atoms in total. The van der Waals surface area contributed by atoms with Crippen molar-refractivity contribution in [2.24, 2.45) is 0 Å². The fourth-order valence-electron chi connectivity index (χ4n) is 4.93. The lowest BCUT2D eigenvalue weighted by Crippen LogP contribution is -2.35. The zero-order chi connectivity index (χ0) is 27.5. The summed E-state index contributed by atoms with van der Waals surface area (Å²) in [7, 11) is 0. The molecule has 8 heteroatoms. The predicted molar refractivity (Wildman–Crippen MR) is 166 cm³/mol. The van der Waals surface area contributed by atoms with E-state index >= 15 is 0 Å². The zero-order valence-corrected chi connectivity index (χ0v) is 24.1. The van der Waals surface area contributed by atoms with Crippen molar-refractivity contribution in [3.05, 3.63) is 99.8 Å². The molecule has 0 spiro atoms. The molecule has 0 saturated carbocycles. The second kappa shape index (κ2) is 12.0. The molecule has 3 aromatic carbocycles. The molecule has 1 aliphatic heterocycles. The summed E-state index contributed by atoms with van der Waals surface area (Å²) in [5.41, 5.74) is 5.08. The maximum Gasteiger partial charge on any atom is 0.103 e. The number of aliphatic hydroxyl groups is 1. The number of nitrogens with one attached hydrogen (secondary N) is 1. The standard InChI is InChI=1S/C32H27ClN4OS2/c33-29-16-24(7-9-31(29)40-26-4-2-1-3-5-26)36-32-23(17-34)18-35-30-15-21(6-8-28(30)32)22-14-27(39-20-22)19-37-12-10-25(38)11-13-37/h1-9,14-16,18,20,25,38H,10-13,19H2,(H,35,36). The Balaban J connectivity index is 1.23. The van der Waals surface area contributed by atoms with Gasteiger partial charge in [0.05, 0.1) is 27.9 Å². The van der Waals surface area contributed by atoms with Crippen molar-refractivity contribution in [1.82, 2.24) is 9.88 Å². The van der Waals surface area contributed by atoms with Crippen LogP contribution in [0.15, 0.2) is 94.2 Å². The number of piperidine rings is 1. The van der Waals surface area contributed by atoms with Gasteiger partial charge < -0.3 is 10.4 Å². The molecule has 0 amide bonds. The fraction of sp³-hybridized carbons (Fsp3) is 0.188. The molecule has 1 saturated heterocycles. The monoisotopic (exact) mass is 582 g/mol. The number of nitrogens with zero attached hydrogens (tertiary/aromatic N) is 3. The molecule has 0 atom stereocenters. The van der Waals surface area contributed by atoms with E-state index in [9.17, 15) is 10.4 Å². The number of halogens is 1. The Bertz CT molecular complexity index is 1690. The zero-order valence-electron chi connectivity index (χ0n) is 21.7. The molecular weight excluding hydrogens is 556 g/mol. The molecule has 1 fully saturated rings. The SMILES string of the molecule is N#Cc1cnc2cc(-c3csc(CN4CCC(O)CC4)c3)ccc2c1Nc1ccc(Sc2ccccc2)c(Cl)c1. The largest absolute Gasteiger partial charge is 0.393 e. The van der Waals surface area contributed by atoms with Gasteiger partial charge in [-0.05, 0) is 71.8 Å². The van der Waals surface area contributed by atoms with Gasteiger partial charge in [0, 0.05) is 51.6 Å². The summed E-state index contributed by atoms with van der Waals surface area (Å²) >= 11 is 10.0. The molecule has 0 radical (unpaired) electrons. The Morgan fingerprint density at radius 2 is 1.88 bits per heavy atom. The normalized spacial score (nSPS) is 14.3. The van der Waals surface area contributed by atoms with E-state index in [0.717, 1.165) is 75.7 Å². The first-order valence-electron chi connectivity index (χ1n) is 13.2. The number of nitriles is 1. The van der Waals surface area contributed by atoms with E-state index in [1.807, 2.05) is 42.5 Å². The Hall–Kier alpha value is -3.38. The van der Waals surface area contributed by atoms with E-state index in [1.165, 1.54) is 4.88 Å². The van der Waals surface area contributed by atoms with Crippen LogP contribution in [0.2, 0.25) is 5.02 Å². The number of likely N-dealkylation sites (tertiary alicyclic amines) is 1. The van der Waals surface area contributed by atoms with Crippen LogP contribution >= 0.6 is 34.7 Å². The number of aromatic nitrogens is 1. The van der Waals surface area contributed by atoms with E-state index < -0.39 is 0 Å². The number of fused-ring (bicyclic) bond motifs is 1. The average Bonchev–Trinajstić information content (AvgIpc) is 3.45. The van der Waals surface area contributed by atoms with Gasteiger partial charge in [0.25, 0.3) is 0 Å². The van der Waals surface area contributed by atoms with Crippen molar-refractivity contribution in [2.75, 3.05) is 18.4 Å². The quantitative estimate of drug-likeness (QED) is 0.201. The first-order valence-corrected chi connectivity index (χ1v) is 15.2. The number of aliphatic hydroxyl groups excluding tert-OH is 1.